The fourth-order valence-corrected chi connectivity index (χ4v) is 5.26. The number of rotatable bonds is 10. The van der Waals surface area contributed by atoms with Gasteiger partial charge in [-0.25, -0.2) is 8.42 Å². The lowest BCUT2D eigenvalue weighted by molar-refractivity contribution is -0.387. The minimum Gasteiger partial charge on any atom is -0.497 e. The van der Waals surface area contributed by atoms with Gasteiger partial charge in [-0.15, -0.1) is 0 Å². The van der Waals surface area contributed by atoms with E-state index in [1.54, 1.807) is 12.1 Å². The lowest BCUT2D eigenvalue weighted by atomic mass is 10.0. The molecular formula is C25H27N3O7S. The van der Waals surface area contributed by atoms with Gasteiger partial charge in [0.25, 0.3) is 15.7 Å². The van der Waals surface area contributed by atoms with Crippen molar-refractivity contribution in [1.29, 1.82) is 0 Å². The highest BCUT2D eigenvalue weighted by Gasteiger charge is 2.34. The smallest absolute Gasteiger partial charge is 0.289 e. The van der Waals surface area contributed by atoms with Crippen LogP contribution < -0.4 is 19.1 Å². The average molecular weight is 514 g/mol. The first-order valence-corrected chi connectivity index (χ1v) is 12.4. The number of nitrogens with zero attached hydrogens (tertiary/aromatic N) is 2. The van der Waals surface area contributed by atoms with E-state index < -0.39 is 38.0 Å². The van der Waals surface area contributed by atoms with Crippen molar-refractivity contribution in [2.45, 2.75) is 24.7 Å². The van der Waals surface area contributed by atoms with E-state index in [9.17, 15) is 23.3 Å². The molecule has 0 spiro atoms. The number of methoxy groups -OCH3 is 2. The lowest BCUT2D eigenvalue weighted by Gasteiger charge is -2.26. The number of benzene rings is 3. The molecule has 11 heteroatoms. The highest BCUT2D eigenvalue weighted by atomic mass is 32.2. The molecule has 3 aromatic carbocycles. The Morgan fingerprint density at radius 3 is 2.33 bits per heavy atom. The third-order valence-electron chi connectivity index (χ3n) is 5.43. The highest BCUT2D eigenvalue weighted by molar-refractivity contribution is 7.93. The molecule has 0 saturated heterocycles. The number of sulfonamides is 1. The van der Waals surface area contributed by atoms with Gasteiger partial charge in [-0.1, -0.05) is 44.2 Å². The van der Waals surface area contributed by atoms with Crippen molar-refractivity contribution in [1.82, 2.24) is 0 Å². The molecule has 0 heterocycles. The van der Waals surface area contributed by atoms with Crippen LogP contribution in [0.15, 0.2) is 71.6 Å². The number of carbonyl (C=O) groups excluding carboxylic acids is 1. The first-order valence-electron chi connectivity index (χ1n) is 11.0. The van der Waals surface area contributed by atoms with Gasteiger partial charge in [0.15, 0.2) is 4.90 Å². The van der Waals surface area contributed by atoms with Gasteiger partial charge in [0.1, 0.15) is 18.0 Å². The molecule has 0 bridgehead atoms. The van der Waals surface area contributed by atoms with Crippen LogP contribution in [0.3, 0.4) is 0 Å². The number of ether oxygens (including phenoxy) is 2. The molecule has 190 valence electrons. The molecule has 0 atom stereocenters. The Morgan fingerprint density at radius 2 is 1.69 bits per heavy atom. The summed E-state index contributed by atoms with van der Waals surface area (Å²) in [5.74, 6) is -0.0287. The predicted molar refractivity (Wildman–Crippen MR) is 136 cm³/mol. The summed E-state index contributed by atoms with van der Waals surface area (Å²) in [6.45, 7) is 3.28. The summed E-state index contributed by atoms with van der Waals surface area (Å²) in [6.07, 6.45) is 0. The second-order valence-corrected chi connectivity index (χ2v) is 9.90. The SMILES string of the molecule is COc1ccc(N(CC(=O)Nc2ccccc2C(C)C)S(=O)(=O)c2ccccc2[N+](=O)[O-])c(OC)c1. The summed E-state index contributed by atoms with van der Waals surface area (Å²) in [5, 5.41) is 14.4. The third kappa shape index (κ3) is 5.57. The van der Waals surface area contributed by atoms with Crippen molar-refractivity contribution in [2.24, 2.45) is 0 Å². The Bertz CT molecular complexity index is 1370. The molecule has 0 aliphatic carbocycles. The largest absolute Gasteiger partial charge is 0.497 e. The second kappa shape index (κ2) is 11.1. The van der Waals surface area contributed by atoms with Crippen LogP contribution in [0.2, 0.25) is 0 Å². The van der Waals surface area contributed by atoms with E-state index in [4.69, 9.17) is 9.47 Å². The van der Waals surface area contributed by atoms with Gasteiger partial charge in [0.05, 0.1) is 24.8 Å². The van der Waals surface area contributed by atoms with Gasteiger partial charge in [0.2, 0.25) is 5.91 Å². The van der Waals surface area contributed by atoms with Gasteiger partial charge in [0, 0.05) is 17.8 Å². The Hall–Kier alpha value is -4.12. The number of nitrogens with one attached hydrogen (secondary N) is 1. The maximum atomic E-state index is 13.8. The number of anilines is 2. The van der Waals surface area contributed by atoms with E-state index in [0.717, 1.165) is 22.0 Å². The first kappa shape index (κ1) is 26.5. The topological polar surface area (TPSA) is 128 Å². The lowest BCUT2D eigenvalue weighted by Crippen LogP contribution is -2.38. The molecule has 36 heavy (non-hydrogen) atoms. The number of nitro groups is 1. The standard InChI is InChI=1S/C25H27N3O7S/c1-17(2)19-9-5-6-10-20(19)26-25(29)16-27(21-14-13-18(34-3)15-23(21)35-4)36(32,33)24-12-8-7-11-22(24)28(30)31/h5-15,17H,16H2,1-4H3,(H,26,29). The van der Waals surface area contributed by atoms with Crippen LogP contribution in [0.5, 0.6) is 11.5 Å². The number of hydrogen-bond donors (Lipinski definition) is 1. The summed E-state index contributed by atoms with van der Waals surface area (Å²) in [6, 6.07) is 16.5. The second-order valence-electron chi connectivity index (χ2n) is 8.06. The number of nitro benzene ring substituents is 1. The summed E-state index contributed by atoms with van der Waals surface area (Å²) in [7, 11) is -1.81. The summed E-state index contributed by atoms with van der Waals surface area (Å²) in [4.78, 5) is 23.4. The molecule has 0 aromatic heterocycles. The number of amides is 1. The van der Waals surface area contributed by atoms with Crippen molar-refractivity contribution in [2.75, 3.05) is 30.4 Å². The Labute approximate surface area is 209 Å². The van der Waals surface area contributed by atoms with E-state index in [1.165, 1.54) is 44.6 Å². The van der Waals surface area contributed by atoms with Gasteiger partial charge in [-0.05, 0) is 35.7 Å². The third-order valence-corrected chi connectivity index (χ3v) is 7.24. The zero-order chi connectivity index (χ0) is 26.5. The Kier molecular flexibility index (Phi) is 8.15. The molecule has 1 amide bonds. The maximum absolute atomic E-state index is 13.8. The minimum atomic E-state index is -4.59. The zero-order valence-electron chi connectivity index (χ0n) is 20.3. The van der Waals surface area contributed by atoms with Crippen molar-refractivity contribution < 1.29 is 27.6 Å². The highest BCUT2D eigenvalue weighted by Crippen LogP contribution is 2.37. The number of para-hydroxylation sites is 2. The molecule has 0 radical (unpaired) electrons. The Morgan fingerprint density at radius 1 is 1.03 bits per heavy atom. The van der Waals surface area contributed by atoms with Crippen molar-refractivity contribution >= 4 is 33.0 Å². The molecule has 3 rings (SSSR count). The van der Waals surface area contributed by atoms with E-state index in [0.29, 0.717) is 11.4 Å². The fourth-order valence-electron chi connectivity index (χ4n) is 3.67. The van der Waals surface area contributed by atoms with Crippen molar-refractivity contribution in [3.63, 3.8) is 0 Å². The van der Waals surface area contributed by atoms with Gasteiger partial charge >= 0.3 is 0 Å². The number of hydrogen-bond acceptors (Lipinski definition) is 7. The van der Waals surface area contributed by atoms with Gasteiger partial charge in [-0.3, -0.25) is 19.2 Å². The molecule has 0 aliphatic rings. The van der Waals surface area contributed by atoms with Crippen molar-refractivity contribution in [3.8, 4) is 11.5 Å². The van der Waals surface area contributed by atoms with Crippen LogP contribution in [0, 0.1) is 10.1 Å². The minimum absolute atomic E-state index is 0.0174. The van der Waals surface area contributed by atoms with Gasteiger partial charge in [-0.2, -0.15) is 0 Å². The zero-order valence-corrected chi connectivity index (χ0v) is 21.1. The van der Waals surface area contributed by atoms with E-state index >= 15 is 0 Å². The molecule has 0 unspecified atom stereocenters. The number of carbonyl (C=O) groups is 1. The van der Waals surface area contributed by atoms with E-state index in [2.05, 4.69) is 5.32 Å². The summed E-state index contributed by atoms with van der Waals surface area (Å²) in [5.41, 5.74) is 0.826. The molecule has 3 aromatic rings. The van der Waals surface area contributed by atoms with Crippen LogP contribution >= 0.6 is 0 Å². The quantitative estimate of drug-likeness (QED) is 0.311. The Balaban J connectivity index is 2.12. The summed E-state index contributed by atoms with van der Waals surface area (Å²) < 4.78 is 39.0. The first-order chi connectivity index (χ1) is 17.1. The molecule has 0 aliphatic heterocycles. The van der Waals surface area contributed by atoms with Crippen LogP contribution in [0.25, 0.3) is 0 Å². The molecule has 1 N–H and O–H groups in total. The molecule has 0 fully saturated rings. The van der Waals surface area contributed by atoms with Crippen LogP contribution in [-0.4, -0.2) is 40.0 Å². The fraction of sp³-hybridized carbons (Fsp3) is 0.240. The molecule has 0 saturated carbocycles. The van der Waals surface area contributed by atoms with Crippen LogP contribution in [0.1, 0.15) is 25.3 Å². The van der Waals surface area contributed by atoms with Crippen LogP contribution in [-0.2, 0) is 14.8 Å². The van der Waals surface area contributed by atoms with Gasteiger partial charge < -0.3 is 14.8 Å². The average Bonchev–Trinajstić information content (AvgIpc) is 2.87. The van der Waals surface area contributed by atoms with Crippen LogP contribution in [0.4, 0.5) is 17.1 Å². The maximum Gasteiger partial charge on any atom is 0.289 e. The molecule has 10 nitrogen and oxygen atoms in total. The molecular weight excluding hydrogens is 486 g/mol. The van der Waals surface area contributed by atoms with Crippen molar-refractivity contribution in [3.05, 3.63) is 82.4 Å². The normalized spacial score (nSPS) is 11.1. The van der Waals surface area contributed by atoms with E-state index in [-0.39, 0.29) is 17.4 Å². The summed E-state index contributed by atoms with van der Waals surface area (Å²) >= 11 is 0. The monoisotopic (exact) mass is 513 g/mol. The van der Waals surface area contributed by atoms with E-state index in [1.807, 2.05) is 26.0 Å². The predicted octanol–water partition coefficient (Wildman–Crippen LogP) is 4.57.